The number of hydrogen-bond acceptors (Lipinski definition) is 3. The van der Waals surface area contributed by atoms with Crippen molar-refractivity contribution in [2.75, 3.05) is 5.73 Å². The topological polar surface area (TPSA) is 82.7 Å². The fourth-order valence-corrected chi connectivity index (χ4v) is 1.85. The Morgan fingerprint density at radius 3 is 2.30 bits per heavy atom. The van der Waals surface area contributed by atoms with Gasteiger partial charge in [0.15, 0.2) is 0 Å². The number of nitrogens with two attached hydrogens (primary N) is 1. The Morgan fingerprint density at radius 1 is 1.20 bits per heavy atom. The summed E-state index contributed by atoms with van der Waals surface area (Å²) in [6.45, 7) is 0. The average molecular weight is 279 g/mol. The normalized spacial score (nSPS) is 11.1. The lowest BCUT2D eigenvalue weighted by Gasteiger charge is -2.14. The molecule has 0 spiro atoms. The summed E-state index contributed by atoms with van der Waals surface area (Å²) in [6, 6.07) is 9.13. The van der Waals surface area contributed by atoms with Crippen molar-refractivity contribution in [2.45, 2.75) is 6.18 Å². The predicted octanol–water partition coefficient (Wildman–Crippen LogP) is 2.51. The monoisotopic (exact) mass is 279 g/mol. The number of benzene rings is 1. The number of halogens is 3. The molecule has 0 saturated carbocycles. The Hall–Kier alpha value is -2.75. The zero-order chi connectivity index (χ0) is 14.9. The van der Waals surface area contributed by atoms with E-state index in [2.05, 4.69) is 4.98 Å². The Kier molecular flexibility index (Phi) is 3.24. The third-order valence-electron chi connectivity index (χ3n) is 2.71. The van der Waals surface area contributed by atoms with E-state index >= 15 is 0 Å². The molecule has 2 rings (SSSR count). The maximum atomic E-state index is 13.0. The van der Waals surface area contributed by atoms with Crippen LogP contribution in [0.25, 0.3) is 11.3 Å². The first-order chi connectivity index (χ1) is 9.36. The molecular weight excluding hydrogens is 271 g/mol. The van der Waals surface area contributed by atoms with Gasteiger partial charge in [-0.1, -0.05) is 30.3 Å². The van der Waals surface area contributed by atoms with Gasteiger partial charge in [-0.2, -0.15) is 18.4 Å². The smallest absolute Gasteiger partial charge is 0.396 e. The minimum absolute atomic E-state index is 0.151. The lowest BCUT2D eigenvalue weighted by molar-refractivity contribution is -0.137. The number of H-pyrrole nitrogens is 1. The molecule has 0 radical (unpaired) electrons. The van der Waals surface area contributed by atoms with E-state index in [1.165, 1.54) is 18.2 Å². The molecule has 0 unspecified atom stereocenters. The zero-order valence-electron chi connectivity index (χ0n) is 9.95. The molecule has 0 aliphatic carbocycles. The first-order valence-electron chi connectivity index (χ1n) is 5.44. The molecule has 3 N–H and O–H groups in total. The van der Waals surface area contributed by atoms with Gasteiger partial charge in [-0.05, 0) is 0 Å². The van der Waals surface area contributed by atoms with Crippen molar-refractivity contribution in [3.8, 4) is 17.3 Å². The highest BCUT2D eigenvalue weighted by Gasteiger charge is 2.38. The third-order valence-corrected chi connectivity index (χ3v) is 2.71. The number of alkyl halides is 3. The van der Waals surface area contributed by atoms with E-state index in [9.17, 15) is 18.0 Å². The molecule has 0 aliphatic heterocycles. The van der Waals surface area contributed by atoms with E-state index in [-0.39, 0.29) is 5.69 Å². The molecule has 0 bridgehead atoms. The molecule has 102 valence electrons. The standard InChI is InChI=1S/C13H8F3N3O/c14-13(15,16)9-8(6-17)12(20)19-11(10(9)18)7-4-2-1-3-5-7/h1-5H,18H2,(H,19,20). The highest BCUT2D eigenvalue weighted by atomic mass is 19.4. The molecule has 4 nitrogen and oxygen atoms in total. The number of hydrogen-bond donors (Lipinski definition) is 2. The summed E-state index contributed by atoms with van der Waals surface area (Å²) in [5.41, 5.74) is 1.47. The van der Waals surface area contributed by atoms with Crippen LogP contribution in [0.1, 0.15) is 11.1 Å². The lowest BCUT2D eigenvalue weighted by atomic mass is 10.0. The van der Waals surface area contributed by atoms with Crippen LogP contribution in [0.15, 0.2) is 35.1 Å². The minimum Gasteiger partial charge on any atom is -0.396 e. The quantitative estimate of drug-likeness (QED) is 0.841. The molecule has 2 aromatic rings. The van der Waals surface area contributed by atoms with Gasteiger partial charge < -0.3 is 10.7 Å². The molecule has 0 amide bonds. The minimum atomic E-state index is -4.88. The average Bonchev–Trinajstić information content (AvgIpc) is 2.40. The molecule has 0 atom stereocenters. The molecule has 1 aromatic heterocycles. The number of rotatable bonds is 1. The molecule has 0 aliphatic rings. The van der Waals surface area contributed by atoms with Gasteiger partial charge in [0.25, 0.3) is 5.56 Å². The number of nitrogen functional groups attached to an aromatic ring is 1. The van der Waals surface area contributed by atoms with E-state index in [0.29, 0.717) is 5.56 Å². The number of anilines is 1. The molecule has 20 heavy (non-hydrogen) atoms. The summed E-state index contributed by atoms with van der Waals surface area (Å²) in [7, 11) is 0. The highest BCUT2D eigenvalue weighted by Crippen LogP contribution is 2.38. The van der Waals surface area contributed by atoms with Crippen LogP contribution in [0.5, 0.6) is 0 Å². The number of nitrogens with one attached hydrogen (secondary N) is 1. The van der Waals surface area contributed by atoms with Gasteiger partial charge in [0.05, 0.1) is 11.4 Å². The van der Waals surface area contributed by atoms with E-state index in [0.717, 1.165) is 0 Å². The maximum absolute atomic E-state index is 13.0. The Labute approximate surface area is 111 Å². The van der Waals surface area contributed by atoms with Crippen molar-refractivity contribution < 1.29 is 13.2 Å². The first-order valence-corrected chi connectivity index (χ1v) is 5.44. The van der Waals surface area contributed by atoms with Gasteiger partial charge >= 0.3 is 6.18 Å². The lowest BCUT2D eigenvalue weighted by Crippen LogP contribution is -2.22. The second-order valence-electron chi connectivity index (χ2n) is 3.97. The second kappa shape index (κ2) is 4.74. The maximum Gasteiger partial charge on any atom is 0.419 e. The Balaban J connectivity index is 2.86. The summed E-state index contributed by atoms with van der Waals surface area (Å²) in [4.78, 5) is 13.9. The van der Waals surface area contributed by atoms with Crippen molar-refractivity contribution in [1.29, 1.82) is 5.26 Å². The van der Waals surface area contributed by atoms with Crippen molar-refractivity contribution in [3.05, 3.63) is 51.8 Å². The van der Waals surface area contributed by atoms with Gasteiger partial charge in [0.1, 0.15) is 17.2 Å². The van der Waals surface area contributed by atoms with Crippen molar-refractivity contribution >= 4 is 5.69 Å². The molecular formula is C13H8F3N3O. The highest BCUT2D eigenvalue weighted by molar-refractivity contribution is 5.77. The SMILES string of the molecule is N#Cc1c(C(F)(F)F)c(N)c(-c2ccccc2)[nH]c1=O. The third kappa shape index (κ3) is 2.23. The molecule has 1 heterocycles. The van der Waals surface area contributed by atoms with Crippen molar-refractivity contribution in [1.82, 2.24) is 4.98 Å². The van der Waals surface area contributed by atoms with Crippen LogP contribution in [0.3, 0.4) is 0 Å². The number of nitriles is 1. The van der Waals surface area contributed by atoms with E-state index in [1.54, 1.807) is 18.2 Å². The van der Waals surface area contributed by atoms with Crippen LogP contribution in [-0.2, 0) is 6.18 Å². The fourth-order valence-electron chi connectivity index (χ4n) is 1.85. The van der Waals surface area contributed by atoms with Crippen LogP contribution in [0.4, 0.5) is 18.9 Å². The molecule has 0 fully saturated rings. The largest absolute Gasteiger partial charge is 0.419 e. The Morgan fingerprint density at radius 2 is 1.80 bits per heavy atom. The van der Waals surface area contributed by atoms with Gasteiger partial charge in [0, 0.05) is 5.56 Å². The number of aromatic nitrogens is 1. The van der Waals surface area contributed by atoms with E-state index < -0.39 is 28.5 Å². The number of pyridine rings is 1. The second-order valence-corrected chi connectivity index (χ2v) is 3.97. The van der Waals surface area contributed by atoms with Crippen LogP contribution >= 0.6 is 0 Å². The zero-order valence-corrected chi connectivity index (χ0v) is 9.95. The fraction of sp³-hybridized carbons (Fsp3) is 0.0769. The number of nitrogens with zero attached hydrogens (tertiary/aromatic N) is 1. The summed E-state index contributed by atoms with van der Waals surface area (Å²) in [5, 5.41) is 8.72. The number of aromatic amines is 1. The summed E-state index contributed by atoms with van der Waals surface area (Å²) < 4.78 is 39.0. The van der Waals surface area contributed by atoms with E-state index in [1.807, 2.05) is 0 Å². The van der Waals surface area contributed by atoms with Crippen molar-refractivity contribution in [2.24, 2.45) is 0 Å². The molecule has 0 saturated heterocycles. The molecule has 1 aromatic carbocycles. The summed E-state index contributed by atoms with van der Waals surface area (Å²) in [6.07, 6.45) is -4.88. The summed E-state index contributed by atoms with van der Waals surface area (Å²) >= 11 is 0. The molecule has 7 heteroatoms. The Bertz CT molecular complexity index is 742. The van der Waals surface area contributed by atoms with Crippen LogP contribution in [0.2, 0.25) is 0 Å². The van der Waals surface area contributed by atoms with Gasteiger partial charge in [-0.15, -0.1) is 0 Å². The van der Waals surface area contributed by atoms with Gasteiger partial charge in [-0.25, -0.2) is 0 Å². The van der Waals surface area contributed by atoms with Crippen LogP contribution < -0.4 is 11.3 Å². The van der Waals surface area contributed by atoms with Gasteiger partial charge in [0.2, 0.25) is 0 Å². The van der Waals surface area contributed by atoms with Gasteiger partial charge in [-0.3, -0.25) is 4.79 Å². The summed E-state index contributed by atoms with van der Waals surface area (Å²) in [5.74, 6) is 0. The van der Waals surface area contributed by atoms with Crippen LogP contribution in [-0.4, -0.2) is 4.98 Å². The first kappa shape index (κ1) is 13.7. The predicted molar refractivity (Wildman–Crippen MR) is 66.6 cm³/mol. The van der Waals surface area contributed by atoms with Crippen LogP contribution in [0, 0.1) is 11.3 Å². The van der Waals surface area contributed by atoms with Crippen molar-refractivity contribution in [3.63, 3.8) is 0 Å². The van der Waals surface area contributed by atoms with E-state index in [4.69, 9.17) is 11.0 Å².